The first-order chi connectivity index (χ1) is 16.7. The molecule has 2 heterocycles. The Balaban J connectivity index is 1.87. The molecule has 3 aromatic rings. The van der Waals surface area contributed by atoms with Gasteiger partial charge in [0.1, 0.15) is 5.82 Å². The van der Waals surface area contributed by atoms with Crippen LogP contribution < -0.4 is 8.92 Å². The number of alkyl halides is 3. The summed E-state index contributed by atoms with van der Waals surface area (Å²) in [6.07, 6.45) is 0. The lowest BCUT2D eigenvalue weighted by Gasteiger charge is -2.37. The Bertz CT molecular complexity index is 1600. The van der Waals surface area contributed by atoms with E-state index in [2.05, 4.69) is 4.18 Å². The maximum atomic E-state index is 15.4. The van der Waals surface area contributed by atoms with E-state index in [1.807, 2.05) is 0 Å². The van der Waals surface area contributed by atoms with Crippen molar-refractivity contribution in [2.75, 3.05) is 0 Å². The van der Waals surface area contributed by atoms with Crippen LogP contribution in [0.2, 0.25) is 0 Å². The van der Waals surface area contributed by atoms with Gasteiger partial charge >= 0.3 is 21.6 Å². The highest BCUT2D eigenvalue weighted by Gasteiger charge is 2.56. The molecule has 3 aromatic carbocycles. The number of halogens is 7. The summed E-state index contributed by atoms with van der Waals surface area (Å²) in [6, 6.07) is 6.36. The second kappa shape index (κ2) is 7.35. The van der Waals surface area contributed by atoms with Crippen molar-refractivity contribution in [3.8, 4) is 17.2 Å². The van der Waals surface area contributed by atoms with Crippen molar-refractivity contribution in [3.05, 3.63) is 87.5 Å². The fourth-order valence-electron chi connectivity index (χ4n) is 4.10. The highest BCUT2D eigenvalue weighted by molar-refractivity contribution is 7.88. The zero-order valence-corrected chi connectivity index (χ0v) is 18.3. The zero-order valence-electron chi connectivity index (χ0n) is 17.5. The molecule has 0 amide bonds. The molecule has 6 nitrogen and oxygen atoms in total. The number of hydrogen-bond acceptors (Lipinski definition) is 6. The van der Waals surface area contributed by atoms with E-state index in [1.54, 1.807) is 0 Å². The smallest absolute Gasteiger partial charge is 0.450 e. The second-order valence-electron chi connectivity index (χ2n) is 7.75. The van der Waals surface area contributed by atoms with Crippen LogP contribution in [0, 0.1) is 30.2 Å². The highest BCUT2D eigenvalue weighted by Crippen LogP contribution is 2.58. The van der Waals surface area contributed by atoms with E-state index < -0.39 is 84.4 Å². The van der Waals surface area contributed by atoms with Crippen molar-refractivity contribution in [3.63, 3.8) is 0 Å². The van der Waals surface area contributed by atoms with Crippen molar-refractivity contribution < 1.29 is 57.6 Å². The minimum Gasteiger partial charge on any atom is -0.450 e. The number of ether oxygens (including phenoxy) is 2. The molecule has 0 aromatic heterocycles. The van der Waals surface area contributed by atoms with Crippen molar-refractivity contribution in [2.45, 2.75) is 18.0 Å². The maximum Gasteiger partial charge on any atom is 0.534 e. The first-order valence-electron chi connectivity index (χ1n) is 9.73. The standard InChI is InChI=1S/C22H9F7O6S/c1-8-13(23)6-11-17(15(8)25)33-18-12(21(11)10-5-3-2-4-9(10)20(30)34-21)7-14(24)19(16(18)26)35-36(31,32)22(27,28)29/h2-7H,1H3. The van der Waals surface area contributed by atoms with Gasteiger partial charge in [0.15, 0.2) is 28.7 Å². The molecule has 1 atom stereocenters. The van der Waals surface area contributed by atoms with Crippen molar-refractivity contribution in [1.82, 2.24) is 0 Å². The fourth-order valence-corrected chi connectivity index (χ4v) is 4.56. The Hall–Kier alpha value is -3.81. The number of carbonyl (C=O) groups excluding carboxylic acids is 1. The van der Waals surface area contributed by atoms with Crippen LogP contribution in [0.25, 0.3) is 0 Å². The fraction of sp³-hybridized carbons (Fsp3) is 0.136. The monoisotopic (exact) mass is 534 g/mol. The summed E-state index contributed by atoms with van der Waals surface area (Å²) in [5.74, 6) is -11.7. The Labute approximate surface area is 196 Å². The number of rotatable bonds is 2. The molecule has 0 N–H and O–H groups in total. The summed E-state index contributed by atoms with van der Waals surface area (Å²) in [6.45, 7) is 0.997. The van der Waals surface area contributed by atoms with Gasteiger partial charge in [0.25, 0.3) is 0 Å². The average molecular weight is 534 g/mol. The Kier molecular flexibility index (Phi) is 4.88. The van der Waals surface area contributed by atoms with Crippen LogP contribution in [0.3, 0.4) is 0 Å². The molecule has 0 fully saturated rings. The topological polar surface area (TPSA) is 78.9 Å². The lowest BCUT2D eigenvalue weighted by molar-refractivity contribution is -0.0502. The molecule has 0 saturated heterocycles. The summed E-state index contributed by atoms with van der Waals surface area (Å²) < 4.78 is 135. The Morgan fingerprint density at radius 1 is 0.889 bits per heavy atom. The molecular weight excluding hydrogens is 525 g/mol. The summed E-state index contributed by atoms with van der Waals surface area (Å²) in [7, 11) is -6.53. The van der Waals surface area contributed by atoms with Crippen LogP contribution >= 0.6 is 0 Å². The van der Waals surface area contributed by atoms with Gasteiger partial charge in [0, 0.05) is 11.1 Å². The maximum absolute atomic E-state index is 15.4. The summed E-state index contributed by atoms with van der Waals surface area (Å²) in [5, 5.41) is 0. The Morgan fingerprint density at radius 2 is 1.47 bits per heavy atom. The molecule has 5 rings (SSSR count). The molecule has 14 heteroatoms. The SMILES string of the molecule is Cc1c(F)cc2c(c1F)Oc1c(cc(F)c(OS(=O)(=O)C(F)(F)F)c1F)C21OC(=O)c2ccccc21. The van der Waals surface area contributed by atoms with Crippen LogP contribution in [0.1, 0.15) is 32.6 Å². The average Bonchev–Trinajstić information content (AvgIpc) is 3.09. The molecule has 1 unspecified atom stereocenters. The molecule has 2 aliphatic rings. The third kappa shape index (κ3) is 3.03. The first-order valence-corrected chi connectivity index (χ1v) is 11.1. The van der Waals surface area contributed by atoms with Crippen LogP contribution in [-0.4, -0.2) is 19.9 Å². The minimum atomic E-state index is -6.53. The van der Waals surface area contributed by atoms with Gasteiger partial charge < -0.3 is 13.7 Å². The van der Waals surface area contributed by atoms with E-state index in [9.17, 15) is 35.2 Å². The van der Waals surface area contributed by atoms with Crippen LogP contribution in [0.15, 0.2) is 36.4 Å². The van der Waals surface area contributed by atoms with Gasteiger partial charge in [0.2, 0.25) is 11.6 Å². The minimum absolute atomic E-state index is 0.112. The number of carbonyl (C=O) groups is 1. The van der Waals surface area contributed by atoms with Crippen molar-refractivity contribution in [2.24, 2.45) is 0 Å². The molecule has 0 aliphatic carbocycles. The van der Waals surface area contributed by atoms with Gasteiger partial charge in [-0.1, -0.05) is 18.2 Å². The quantitative estimate of drug-likeness (QED) is 0.191. The van der Waals surface area contributed by atoms with E-state index in [0.717, 1.165) is 13.0 Å². The predicted octanol–water partition coefficient (Wildman–Crippen LogP) is 5.35. The van der Waals surface area contributed by atoms with Gasteiger partial charge in [-0.05, 0) is 25.1 Å². The molecule has 36 heavy (non-hydrogen) atoms. The van der Waals surface area contributed by atoms with Gasteiger partial charge in [-0.15, -0.1) is 0 Å². The van der Waals surface area contributed by atoms with Gasteiger partial charge in [-0.2, -0.15) is 26.0 Å². The molecule has 188 valence electrons. The van der Waals surface area contributed by atoms with E-state index >= 15 is 8.78 Å². The molecule has 2 aliphatic heterocycles. The van der Waals surface area contributed by atoms with E-state index in [-0.39, 0.29) is 11.1 Å². The van der Waals surface area contributed by atoms with Crippen molar-refractivity contribution >= 4 is 16.1 Å². The predicted molar refractivity (Wildman–Crippen MR) is 105 cm³/mol. The number of esters is 1. The lowest BCUT2D eigenvalue weighted by atomic mass is 9.77. The van der Waals surface area contributed by atoms with E-state index in [1.165, 1.54) is 24.3 Å². The molecule has 1 spiro atoms. The van der Waals surface area contributed by atoms with Gasteiger partial charge in [-0.25, -0.2) is 18.0 Å². The number of fused-ring (bicyclic) bond motifs is 6. The molecule has 0 saturated carbocycles. The van der Waals surface area contributed by atoms with E-state index in [4.69, 9.17) is 9.47 Å². The van der Waals surface area contributed by atoms with Gasteiger partial charge in [0.05, 0.1) is 16.7 Å². The number of hydrogen-bond donors (Lipinski definition) is 0. The first kappa shape index (κ1) is 23.9. The zero-order chi connectivity index (χ0) is 26.4. The largest absolute Gasteiger partial charge is 0.534 e. The molecular formula is C22H9F7O6S. The Morgan fingerprint density at radius 3 is 2.11 bits per heavy atom. The van der Waals surface area contributed by atoms with Crippen LogP contribution in [-0.2, 0) is 20.5 Å². The summed E-state index contributed by atoms with van der Waals surface area (Å²) >= 11 is 0. The van der Waals surface area contributed by atoms with E-state index in [0.29, 0.717) is 6.07 Å². The number of benzene rings is 3. The van der Waals surface area contributed by atoms with Crippen LogP contribution in [0.4, 0.5) is 30.7 Å². The normalized spacial score (nSPS) is 18.3. The van der Waals surface area contributed by atoms with Crippen LogP contribution in [0.5, 0.6) is 17.2 Å². The third-order valence-electron chi connectivity index (χ3n) is 5.75. The lowest BCUT2D eigenvalue weighted by Crippen LogP contribution is -2.35. The summed E-state index contributed by atoms with van der Waals surface area (Å²) in [5.41, 5.74) is -10.5. The van der Waals surface area contributed by atoms with Crippen molar-refractivity contribution in [1.29, 1.82) is 0 Å². The molecule has 0 bridgehead atoms. The molecule has 0 radical (unpaired) electrons. The summed E-state index contributed by atoms with van der Waals surface area (Å²) in [4.78, 5) is 12.7. The third-order valence-corrected chi connectivity index (χ3v) is 6.70. The highest BCUT2D eigenvalue weighted by atomic mass is 32.2. The van der Waals surface area contributed by atoms with Gasteiger partial charge in [-0.3, -0.25) is 0 Å². The second-order valence-corrected chi connectivity index (χ2v) is 9.29.